The number of nitrogens with zero attached hydrogens (tertiary/aromatic N) is 1. The van der Waals surface area contributed by atoms with Crippen LogP contribution in [0, 0.1) is 17.2 Å². The van der Waals surface area contributed by atoms with Crippen molar-refractivity contribution in [1.82, 2.24) is 4.90 Å². The summed E-state index contributed by atoms with van der Waals surface area (Å²) < 4.78 is 0. The Kier molecular flexibility index (Phi) is 7.39. The van der Waals surface area contributed by atoms with Gasteiger partial charge >= 0.3 is 0 Å². The summed E-state index contributed by atoms with van der Waals surface area (Å²) in [5.74, 6) is 1.73. The highest BCUT2D eigenvalue weighted by atomic mass is 15.1. The van der Waals surface area contributed by atoms with E-state index in [0.29, 0.717) is 18.2 Å². The first-order valence-corrected chi connectivity index (χ1v) is 5.97. The summed E-state index contributed by atoms with van der Waals surface area (Å²) >= 11 is 0. The van der Waals surface area contributed by atoms with Crippen LogP contribution >= 0.6 is 0 Å². The van der Waals surface area contributed by atoms with Crippen LogP contribution in [0.1, 0.15) is 40.5 Å². The first kappa shape index (κ1) is 14.4. The van der Waals surface area contributed by atoms with E-state index < -0.39 is 0 Å². The van der Waals surface area contributed by atoms with Gasteiger partial charge in [0, 0.05) is 19.5 Å². The highest BCUT2D eigenvalue weighted by Gasteiger charge is 2.08. The number of hydrogen-bond acceptors (Lipinski definition) is 2. The van der Waals surface area contributed by atoms with Gasteiger partial charge in [-0.05, 0) is 24.8 Å². The van der Waals surface area contributed by atoms with Gasteiger partial charge in [-0.1, -0.05) is 27.7 Å². The molecule has 0 bridgehead atoms. The predicted molar refractivity (Wildman–Crippen MR) is 67.3 cm³/mol. The normalized spacial score (nSPS) is 11.7. The molecule has 0 aliphatic heterocycles. The standard InChI is InChI=1S/C12H27N3/c1-10(2)5-7-15(9-11(3)4)8-6-12(13)14/h10-11H,5-9H2,1-4H3,(H3,13,14). The lowest BCUT2D eigenvalue weighted by Gasteiger charge is -2.24. The van der Waals surface area contributed by atoms with Crippen LogP contribution < -0.4 is 5.73 Å². The average Bonchev–Trinajstić information content (AvgIpc) is 2.08. The molecule has 0 aliphatic rings. The minimum absolute atomic E-state index is 0.299. The summed E-state index contributed by atoms with van der Waals surface area (Å²) in [5, 5.41) is 7.24. The van der Waals surface area contributed by atoms with E-state index in [9.17, 15) is 0 Å². The molecule has 0 saturated carbocycles. The molecule has 0 fully saturated rings. The van der Waals surface area contributed by atoms with Crippen molar-refractivity contribution in [3.8, 4) is 0 Å². The van der Waals surface area contributed by atoms with Crippen LogP contribution in [0.15, 0.2) is 0 Å². The lowest BCUT2D eigenvalue weighted by atomic mass is 10.1. The molecule has 0 unspecified atom stereocenters. The Morgan fingerprint density at radius 3 is 2.13 bits per heavy atom. The van der Waals surface area contributed by atoms with E-state index in [-0.39, 0.29) is 0 Å². The Hall–Kier alpha value is -0.570. The van der Waals surface area contributed by atoms with Gasteiger partial charge in [-0.25, -0.2) is 0 Å². The van der Waals surface area contributed by atoms with Crippen LogP contribution in [-0.2, 0) is 0 Å². The second-order valence-corrected chi connectivity index (χ2v) is 5.15. The molecule has 0 aromatic heterocycles. The second-order valence-electron chi connectivity index (χ2n) is 5.15. The lowest BCUT2D eigenvalue weighted by Crippen LogP contribution is -2.32. The Morgan fingerprint density at radius 2 is 1.73 bits per heavy atom. The third-order valence-electron chi connectivity index (χ3n) is 2.34. The van der Waals surface area contributed by atoms with E-state index in [2.05, 4.69) is 32.6 Å². The molecular formula is C12H27N3. The van der Waals surface area contributed by atoms with Gasteiger partial charge in [0.25, 0.3) is 0 Å². The van der Waals surface area contributed by atoms with Crippen molar-refractivity contribution in [2.45, 2.75) is 40.5 Å². The Balaban J connectivity index is 3.89. The molecule has 3 nitrogen and oxygen atoms in total. The van der Waals surface area contributed by atoms with Crippen LogP contribution in [0.25, 0.3) is 0 Å². The number of rotatable bonds is 8. The van der Waals surface area contributed by atoms with Crippen LogP contribution in [0.3, 0.4) is 0 Å². The molecule has 0 aromatic carbocycles. The topological polar surface area (TPSA) is 53.1 Å². The zero-order valence-electron chi connectivity index (χ0n) is 10.7. The van der Waals surface area contributed by atoms with Gasteiger partial charge in [-0.3, -0.25) is 5.41 Å². The molecule has 3 heteroatoms. The summed E-state index contributed by atoms with van der Waals surface area (Å²) in [6, 6.07) is 0. The maximum absolute atomic E-state index is 7.24. The van der Waals surface area contributed by atoms with Crippen molar-refractivity contribution in [2.75, 3.05) is 19.6 Å². The van der Waals surface area contributed by atoms with Crippen molar-refractivity contribution in [1.29, 1.82) is 5.41 Å². The van der Waals surface area contributed by atoms with Gasteiger partial charge in [-0.2, -0.15) is 0 Å². The van der Waals surface area contributed by atoms with Crippen molar-refractivity contribution in [3.63, 3.8) is 0 Å². The third kappa shape index (κ3) is 9.73. The summed E-state index contributed by atoms with van der Waals surface area (Å²) in [4.78, 5) is 2.42. The molecule has 0 saturated heterocycles. The molecule has 0 atom stereocenters. The van der Waals surface area contributed by atoms with E-state index in [1.807, 2.05) is 0 Å². The number of nitrogens with two attached hydrogens (primary N) is 1. The van der Waals surface area contributed by atoms with Gasteiger partial charge in [0.2, 0.25) is 0 Å². The zero-order valence-corrected chi connectivity index (χ0v) is 10.7. The molecular weight excluding hydrogens is 186 g/mol. The average molecular weight is 213 g/mol. The molecule has 0 spiro atoms. The molecule has 0 rings (SSSR count). The minimum atomic E-state index is 0.299. The monoisotopic (exact) mass is 213 g/mol. The fourth-order valence-electron chi connectivity index (χ4n) is 1.53. The Morgan fingerprint density at radius 1 is 1.13 bits per heavy atom. The fraction of sp³-hybridized carbons (Fsp3) is 0.917. The molecule has 3 N–H and O–H groups in total. The maximum atomic E-state index is 7.24. The van der Waals surface area contributed by atoms with Gasteiger partial charge in [0.05, 0.1) is 5.84 Å². The summed E-state index contributed by atoms with van der Waals surface area (Å²) in [6.07, 6.45) is 1.93. The first-order chi connectivity index (χ1) is 6.91. The summed E-state index contributed by atoms with van der Waals surface area (Å²) in [7, 11) is 0. The third-order valence-corrected chi connectivity index (χ3v) is 2.34. The van der Waals surface area contributed by atoms with Crippen LogP contribution in [0.2, 0.25) is 0 Å². The van der Waals surface area contributed by atoms with Gasteiger partial charge in [0.15, 0.2) is 0 Å². The van der Waals surface area contributed by atoms with Gasteiger partial charge in [0.1, 0.15) is 0 Å². The Bertz CT molecular complexity index is 176. The predicted octanol–water partition coefficient (Wildman–Crippen LogP) is 2.32. The van der Waals surface area contributed by atoms with Crippen molar-refractivity contribution in [3.05, 3.63) is 0 Å². The van der Waals surface area contributed by atoms with Crippen LogP contribution in [-0.4, -0.2) is 30.4 Å². The van der Waals surface area contributed by atoms with Gasteiger partial charge < -0.3 is 10.6 Å². The minimum Gasteiger partial charge on any atom is -0.388 e. The smallest absolute Gasteiger partial charge is 0.0918 e. The molecule has 15 heavy (non-hydrogen) atoms. The van der Waals surface area contributed by atoms with E-state index in [0.717, 1.165) is 25.6 Å². The SMILES string of the molecule is CC(C)CCN(CCC(=N)N)CC(C)C. The van der Waals surface area contributed by atoms with Crippen LogP contribution in [0.5, 0.6) is 0 Å². The Labute approximate surface area is 94.5 Å². The highest BCUT2D eigenvalue weighted by molar-refractivity contribution is 5.76. The second kappa shape index (κ2) is 7.69. The molecule has 0 amide bonds. The molecule has 90 valence electrons. The molecule has 0 heterocycles. The molecule has 0 aliphatic carbocycles. The maximum Gasteiger partial charge on any atom is 0.0918 e. The summed E-state index contributed by atoms with van der Waals surface area (Å²) in [6.45, 7) is 12.1. The lowest BCUT2D eigenvalue weighted by molar-refractivity contribution is 0.237. The van der Waals surface area contributed by atoms with Gasteiger partial charge in [-0.15, -0.1) is 0 Å². The quantitative estimate of drug-likeness (QED) is 0.480. The first-order valence-electron chi connectivity index (χ1n) is 5.97. The zero-order chi connectivity index (χ0) is 11.8. The largest absolute Gasteiger partial charge is 0.388 e. The fourth-order valence-corrected chi connectivity index (χ4v) is 1.53. The number of nitrogens with one attached hydrogen (secondary N) is 1. The number of amidine groups is 1. The van der Waals surface area contributed by atoms with Crippen molar-refractivity contribution < 1.29 is 0 Å². The van der Waals surface area contributed by atoms with E-state index >= 15 is 0 Å². The molecule has 0 radical (unpaired) electrons. The van der Waals surface area contributed by atoms with Crippen LogP contribution in [0.4, 0.5) is 0 Å². The summed E-state index contributed by atoms with van der Waals surface area (Å²) in [5.41, 5.74) is 5.38. The van der Waals surface area contributed by atoms with E-state index in [1.165, 1.54) is 6.42 Å². The van der Waals surface area contributed by atoms with Crippen molar-refractivity contribution in [2.24, 2.45) is 17.6 Å². The number of hydrogen-bond donors (Lipinski definition) is 2. The van der Waals surface area contributed by atoms with E-state index in [1.54, 1.807) is 0 Å². The molecule has 0 aromatic rings. The van der Waals surface area contributed by atoms with Crippen molar-refractivity contribution >= 4 is 5.84 Å². The highest BCUT2D eigenvalue weighted by Crippen LogP contribution is 2.05. The van der Waals surface area contributed by atoms with E-state index in [4.69, 9.17) is 11.1 Å².